The number of fused-ring (bicyclic) bond motifs is 1. The molecule has 4 heteroatoms. The standard InChI is InChI=1S/C18H18N2O2/c1-3-12-6-4-5-7-16(12)19-11-15-14-10-13(22-2)8-9-17(14)20-18(15)21/h4-11,20-21H,3H2,1-2H3. The van der Waals surface area contributed by atoms with Crippen molar-refractivity contribution in [3.8, 4) is 11.6 Å². The van der Waals surface area contributed by atoms with Gasteiger partial charge in [0.15, 0.2) is 5.88 Å². The fraction of sp³-hybridized carbons (Fsp3) is 0.167. The van der Waals surface area contributed by atoms with Crippen molar-refractivity contribution in [1.82, 2.24) is 4.98 Å². The molecular weight excluding hydrogens is 276 g/mol. The van der Waals surface area contributed by atoms with E-state index in [0.29, 0.717) is 5.56 Å². The Morgan fingerprint density at radius 2 is 2.05 bits per heavy atom. The molecule has 0 aliphatic rings. The fourth-order valence-corrected chi connectivity index (χ4v) is 2.51. The molecule has 0 atom stereocenters. The second kappa shape index (κ2) is 5.93. The van der Waals surface area contributed by atoms with Crippen LogP contribution in [0.15, 0.2) is 47.5 Å². The van der Waals surface area contributed by atoms with E-state index in [-0.39, 0.29) is 5.88 Å². The number of para-hydroxylation sites is 1. The number of ether oxygens (including phenoxy) is 1. The first-order valence-corrected chi connectivity index (χ1v) is 7.23. The summed E-state index contributed by atoms with van der Waals surface area (Å²) in [5.74, 6) is 0.857. The number of hydrogen-bond acceptors (Lipinski definition) is 3. The number of hydrogen-bond donors (Lipinski definition) is 2. The van der Waals surface area contributed by atoms with Crippen LogP contribution >= 0.6 is 0 Å². The molecular formula is C18H18N2O2. The van der Waals surface area contributed by atoms with E-state index in [1.54, 1.807) is 13.3 Å². The van der Waals surface area contributed by atoms with Crippen LogP contribution in [-0.2, 0) is 6.42 Å². The second-order valence-electron chi connectivity index (χ2n) is 5.04. The minimum absolute atomic E-state index is 0.112. The highest BCUT2D eigenvalue weighted by Gasteiger charge is 2.10. The smallest absolute Gasteiger partial charge is 0.198 e. The van der Waals surface area contributed by atoms with Gasteiger partial charge in [-0.1, -0.05) is 25.1 Å². The summed E-state index contributed by atoms with van der Waals surface area (Å²) in [6.45, 7) is 2.10. The largest absolute Gasteiger partial charge is 0.497 e. The summed E-state index contributed by atoms with van der Waals surface area (Å²) in [5, 5.41) is 11.0. The van der Waals surface area contributed by atoms with Crippen LogP contribution in [0.2, 0.25) is 0 Å². The fourth-order valence-electron chi connectivity index (χ4n) is 2.51. The summed E-state index contributed by atoms with van der Waals surface area (Å²) in [5.41, 5.74) is 3.61. The van der Waals surface area contributed by atoms with E-state index in [2.05, 4.69) is 23.0 Å². The number of nitrogens with zero attached hydrogens (tertiary/aromatic N) is 1. The molecule has 3 aromatic rings. The molecule has 112 valence electrons. The number of benzene rings is 2. The van der Waals surface area contributed by atoms with Gasteiger partial charge in [-0.25, -0.2) is 0 Å². The Bertz CT molecular complexity index is 834. The zero-order valence-corrected chi connectivity index (χ0v) is 12.6. The molecule has 4 nitrogen and oxygen atoms in total. The van der Waals surface area contributed by atoms with Crippen LogP contribution in [0.5, 0.6) is 11.6 Å². The van der Waals surface area contributed by atoms with Crippen molar-refractivity contribution in [2.45, 2.75) is 13.3 Å². The highest BCUT2D eigenvalue weighted by Crippen LogP contribution is 2.29. The summed E-state index contributed by atoms with van der Waals surface area (Å²) in [6.07, 6.45) is 2.61. The molecule has 0 aliphatic heterocycles. The first-order valence-electron chi connectivity index (χ1n) is 7.23. The normalized spacial score (nSPS) is 11.4. The third-order valence-electron chi connectivity index (χ3n) is 3.73. The number of rotatable bonds is 4. The van der Waals surface area contributed by atoms with Crippen molar-refractivity contribution < 1.29 is 9.84 Å². The van der Waals surface area contributed by atoms with E-state index >= 15 is 0 Å². The van der Waals surface area contributed by atoms with E-state index in [0.717, 1.165) is 28.8 Å². The second-order valence-corrected chi connectivity index (χ2v) is 5.04. The number of aromatic hydroxyl groups is 1. The van der Waals surface area contributed by atoms with Crippen LogP contribution < -0.4 is 4.74 Å². The molecule has 3 rings (SSSR count). The molecule has 1 aromatic heterocycles. The van der Waals surface area contributed by atoms with Gasteiger partial charge in [0, 0.05) is 17.1 Å². The minimum atomic E-state index is 0.112. The summed E-state index contributed by atoms with van der Waals surface area (Å²) in [4.78, 5) is 7.49. The quantitative estimate of drug-likeness (QED) is 0.709. The Labute approximate surface area is 129 Å². The third-order valence-corrected chi connectivity index (χ3v) is 3.73. The molecule has 0 bridgehead atoms. The summed E-state index contributed by atoms with van der Waals surface area (Å²) in [7, 11) is 1.62. The lowest BCUT2D eigenvalue weighted by Crippen LogP contribution is -1.84. The Hall–Kier alpha value is -2.75. The number of H-pyrrole nitrogens is 1. The average molecular weight is 294 g/mol. The highest BCUT2D eigenvalue weighted by atomic mass is 16.5. The molecule has 1 heterocycles. The Balaban J connectivity index is 2.06. The maximum absolute atomic E-state index is 10.1. The van der Waals surface area contributed by atoms with Gasteiger partial charge in [-0.3, -0.25) is 4.99 Å². The van der Waals surface area contributed by atoms with E-state index in [1.165, 1.54) is 5.56 Å². The SMILES string of the molecule is CCc1ccccc1N=Cc1c(O)[nH]c2ccc(OC)cc12. The minimum Gasteiger partial charge on any atom is -0.497 e. The monoisotopic (exact) mass is 294 g/mol. The zero-order chi connectivity index (χ0) is 15.5. The number of aryl methyl sites for hydroxylation is 1. The lowest BCUT2D eigenvalue weighted by Gasteiger charge is -2.02. The Kier molecular flexibility index (Phi) is 3.83. The van der Waals surface area contributed by atoms with Gasteiger partial charge in [0.2, 0.25) is 0 Å². The molecule has 0 aliphatic carbocycles. The summed E-state index contributed by atoms with van der Waals surface area (Å²) < 4.78 is 5.25. The molecule has 22 heavy (non-hydrogen) atoms. The topological polar surface area (TPSA) is 57.6 Å². The van der Waals surface area contributed by atoms with Crippen LogP contribution in [0.25, 0.3) is 10.9 Å². The molecule has 0 unspecified atom stereocenters. The molecule has 2 aromatic carbocycles. The van der Waals surface area contributed by atoms with Gasteiger partial charge in [-0.05, 0) is 36.2 Å². The first-order chi connectivity index (χ1) is 10.7. The van der Waals surface area contributed by atoms with Crippen molar-refractivity contribution >= 4 is 22.8 Å². The van der Waals surface area contributed by atoms with E-state index in [9.17, 15) is 5.11 Å². The molecule has 0 saturated carbocycles. The highest BCUT2D eigenvalue weighted by molar-refractivity contribution is 6.03. The molecule has 0 radical (unpaired) electrons. The first kappa shape index (κ1) is 14.2. The molecule has 0 saturated heterocycles. The van der Waals surface area contributed by atoms with Crippen molar-refractivity contribution in [2.75, 3.05) is 7.11 Å². The van der Waals surface area contributed by atoms with Gasteiger partial charge in [-0.2, -0.15) is 0 Å². The maximum atomic E-state index is 10.1. The van der Waals surface area contributed by atoms with Gasteiger partial charge in [0.25, 0.3) is 0 Å². The van der Waals surface area contributed by atoms with Crippen LogP contribution in [-0.4, -0.2) is 23.4 Å². The lowest BCUT2D eigenvalue weighted by molar-refractivity contribution is 0.415. The predicted octanol–water partition coefficient (Wildman–Crippen LogP) is 4.20. The van der Waals surface area contributed by atoms with Gasteiger partial charge < -0.3 is 14.8 Å². The Morgan fingerprint density at radius 1 is 1.23 bits per heavy atom. The summed E-state index contributed by atoms with van der Waals surface area (Å²) in [6, 6.07) is 13.6. The van der Waals surface area contributed by atoms with Crippen LogP contribution in [0.1, 0.15) is 18.1 Å². The number of aliphatic imine (C=N–C) groups is 1. The third kappa shape index (κ3) is 2.55. The van der Waals surface area contributed by atoms with Gasteiger partial charge >= 0.3 is 0 Å². The van der Waals surface area contributed by atoms with Crippen LogP contribution in [0.3, 0.4) is 0 Å². The maximum Gasteiger partial charge on any atom is 0.198 e. The van der Waals surface area contributed by atoms with Crippen molar-refractivity contribution in [2.24, 2.45) is 4.99 Å². The zero-order valence-electron chi connectivity index (χ0n) is 12.6. The number of aromatic amines is 1. The van der Waals surface area contributed by atoms with E-state index in [1.807, 2.05) is 36.4 Å². The van der Waals surface area contributed by atoms with Crippen molar-refractivity contribution in [1.29, 1.82) is 0 Å². The number of methoxy groups -OCH3 is 1. The Morgan fingerprint density at radius 3 is 2.82 bits per heavy atom. The molecule has 0 spiro atoms. The molecule has 0 amide bonds. The average Bonchev–Trinajstić information content (AvgIpc) is 2.87. The van der Waals surface area contributed by atoms with Crippen LogP contribution in [0, 0.1) is 0 Å². The molecule has 2 N–H and O–H groups in total. The predicted molar refractivity (Wildman–Crippen MR) is 89.6 cm³/mol. The molecule has 0 fully saturated rings. The lowest BCUT2D eigenvalue weighted by atomic mass is 10.1. The van der Waals surface area contributed by atoms with E-state index in [4.69, 9.17) is 4.74 Å². The number of aromatic nitrogens is 1. The van der Waals surface area contributed by atoms with Gasteiger partial charge in [-0.15, -0.1) is 0 Å². The summed E-state index contributed by atoms with van der Waals surface area (Å²) >= 11 is 0. The van der Waals surface area contributed by atoms with Gasteiger partial charge in [0.05, 0.1) is 18.4 Å². The van der Waals surface area contributed by atoms with Crippen LogP contribution in [0.4, 0.5) is 5.69 Å². The number of nitrogens with one attached hydrogen (secondary N) is 1. The van der Waals surface area contributed by atoms with Crippen molar-refractivity contribution in [3.63, 3.8) is 0 Å². The van der Waals surface area contributed by atoms with Crippen molar-refractivity contribution in [3.05, 3.63) is 53.6 Å². The van der Waals surface area contributed by atoms with Gasteiger partial charge in [0.1, 0.15) is 5.75 Å². The van der Waals surface area contributed by atoms with E-state index < -0.39 is 0 Å².